The van der Waals surface area contributed by atoms with E-state index in [1.807, 2.05) is 0 Å². The SMILES string of the molecule is CCC1CCC(NC(c2ccccc2)C2CC2)C1. The molecule has 98 valence electrons. The summed E-state index contributed by atoms with van der Waals surface area (Å²) in [7, 11) is 0. The van der Waals surface area contributed by atoms with Crippen LogP contribution in [-0.2, 0) is 0 Å². The molecule has 1 N–H and O–H groups in total. The highest BCUT2D eigenvalue weighted by molar-refractivity contribution is 5.21. The van der Waals surface area contributed by atoms with Crippen molar-refractivity contribution in [2.75, 3.05) is 0 Å². The van der Waals surface area contributed by atoms with E-state index in [1.54, 1.807) is 0 Å². The quantitative estimate of drug-likeness (QED) is 0.812. The third kappa shape index (κ3) is 2.77. The molecule has 0 amide bonds. The second kappa shape index (κ2) is 5.44. The van der Waals surface area contributed by atoms with E-state index in [4.69, 9.17) is 0 Å². The van der Waals surface area contributed by atoms with E-state index in [1.165, 1.54) is 44.1 Å². The average molecular weight is 243 g/mol. The third-order valence-electron chi connectivity index (χ3n) is 4.79. The molecular formula is C17H25N. The van der Waals surface area contributed by atoms with Gasteiger partial charge < -0.3 is 5.32 Å². The Labute approximate surface area is 111 Å². The van der Waals surface area contributed by atoms with E-state index in [-0.39, 0.29) is 0 Å². The van der Waals surface area contributed by atoms with Crippen molar-refractivity contribution in [2.45, 2.75) is 57.5 Å². The molecule has 3 unspecified atom stereocenters. The first-order valence-corrected chi connectivity index (χ1v) is 7.67. The average Bonchev–Trinajstić information content (AvgIpc) is 3.16. The molecule has 1 aromatic carbocycles. The second-order valence-corrected chi connectivity index (χ2v) is 6.18. The smallest absolute Gasteiger partial charge is 0.0351 e. The molecule has 18 heavy (non-hydrogen) atoms. The van der Waals surface area contributed by atoms with Crippen molar-refractivity contribution in [3.63, 3.8) is 0 Å². The minimum absolute atomic E-state index is 0.617. The van der Waals surface area contributed by atoms with E-state index >= 15 is 0 Å². The van der Waals surface area contributed by atoms with Crippen LogP contribution in [0.5, 0.6) is 0 Å². The van der Waals surface area contributed by atoms with Gasteiger partial charge in [-0.2, -0.15) is 0 Å². The van der Waals surface area contributed by atoms with Crippen molar-refractivity contribution in [3.05, 3.63) is 35.9 Å². The molecule has 2 fully saturated rings. The van der Waals surface area contributed by atoms with Gasteiger partial charge in [-0.1, -0.05) is 43.7 Å². The minimum atomic E-state index is 0.617. The van der Waals surface area contributed by atoms with Crippen LogP contribution < -0.4 is 5.32 Å². The topological polar surface area (TPSA) is 12.0 Å². The molecule has 2 aliphatic carbocycles. The molecule has 0 saturated heterocycles. The van der Waals surface area contributed by atoms with Gasteiger partial charge in [0.1, 0.15) is 0 Å². The molecule has 1 nitrogen and oxygen atoms in total. The van der Waals surface area contributed by atoms with Gasteiger partial charge in [0.15, 0.2) is 0 Å². The van der Waals surface area contributed by atoms with Crippen LogP contribution in [0.15, 0.2) is 30.3 Å². The van der Waals surface area contributed by atoms with Crippen LogP contribution in [0.4, 0.5) is 0 Å². The molecule has 0 spiro atoms. The van der Waals surface area contributed by atoms with Crippen molar-refractivity contribution in [2.24, 2.45) is 11.8 Å². The van der Waals surface area contributed by atoms with Crippen molar-refractivity contribution in [1.29, 1.82) is 0 Å². The third-order valence-corrected chi connectivity index (χ3v) is 4.79. The van der Waals surface area contributed by atoms with Gasteiger partial charge in [0.25, 0.3) is 0 Å². The normalized spacial score (nSPS) is 29.4. The number of benzene rings is 1. The molecule has 3 atom stereocenters. The summed E-state index contributed by atoms with van der Waals surface area (Å²) in [6.45, 7) is 2.34. The Morgan fingerprint density at radius 2 is 1.89 bits per heavy atom. The first-order valence-electron chi connectivity index (χ1n) is 7.67. The molecule has 2 aliphatic rings. The van der Waals surface area contributed by atoms with Gasteiger partial charge in [-0.05, 0) is 49.5 Å². The fourth-order valence-corrected chi connectivity index (χ4v) is 3.45. The molecule has 0 bridgehead atoms. The Morgan fingerprint density at radius 3 is 2.50 bits per heavy atom. The molecule has 1 heteroatoms. The number of hydrogen-bond donors (Lipinski definition) is 1. The largest absolute Gasteiger partial charge is 0.307 e. The summed E-state index contributed by atoms with van der Waals surface area (Å²) in [6.07, 6.45) is 8.39. The van der Waals surface area contributed by atoms with Gasteiger partial charge in [-0.3, -0.25) is 0 Å². The first-order chi connectivity index (χ1) is 8.86. The minimum Gasteiger partial charge on any atom is -0.307 e. The Bertz CT molecular complexity index is 368. The Kier molecular flexibility index (Phi) is 3.69. The van der Waals surface area contributed by atoms with Crippen LogP contribution in [0.2, 0.25) is 0 Å². The van der Waals surface area contributed by atoms with E-state index in [0.29, 0.717) is 6.04 Å². The summed E-state index contributed by atoms with van der Waals surface area (Å²) in [5.74, 6) is 1.87. The lowest BCUT2D eigenvalue weighted by Crippen LogP contribution is -2.32. The predicted octanol–water partition coefficient (Wildman–Crippen LogP) is 4.31. The maximum atomic E-state index is 3.96. The summed E-state index contributed by atoms with van der Waals surface area (Å²) < 4.78 is 0. The Morgan fingerprint density at radius 1 is 1.11 bits per heavy atom. The van der Waals surface area contributed by atoms with Crippen molar-refractivity contribution >= 4 is 0 Å². The van der Waals surface area contributed by atoms with E-state index < -0.39 is 0 Å². The van der Waals surface area contributed by atoms with Gasteiger partial charge in [0, 0.05) is 12.1 Å². The predicted molar refractivity (Wildman–Crippen MR) is 76.5 cm³/mol. The number of hydrogen-bond acceptors (Lipinski definition) is 1. The summed E-state index contributed by atoms with van der Waals surface area (Å²) in [6, 6.07) is 12.4. The van der Waals surface area contributed by atoms with E-state index in [0.717, 1.165) is 17.9 Å². The first kappa shape index (κ1) is 12.2. The Balaban J connectivity index is 1.65. The molecule has 0 aliphatic heterocycles. The zero-order valence-electron chi connectivity index (χ0n) is 11.4. The zero-order chi connectivity index (χ0) is 12.4. The van der Waals surface area contributed by atoms with Crippen LogP contribution in [0, 0.1) is 11.8 Å². The van der Waals surface area contributed by atoms with Crippen molar-refractivity contribution < 1.29 is 0 Å². The summed E-state index contributed by atoms with van der Waals surface area (Å²) >= 11 is 0. The monoisotopic (exact) mass is 243 g/mol. The highest BCUT2D eigenvalue weighted by Crippen LogP contribution is 2.42. The number of nitrogens with one attached hydrogen (secondary N) is 1. The van der Waals surface area contributed by atoms with Crippen LogP contribution >= 0.6 is 0 Å². The van der Waals surface area contributed by atoms with E-state index in [9.17, 15) is 0 Å². The standard InChI is InChI=1S/C17H25N/c1-2-13-8-11-16(12-13)18-17(15-9-10-15)14-6-4-3-5-7-14/h3-7,13,15-18H,2,8-12H2,1H3. The van der Waals surface area contributed by atoms with E-state index in [2.05, 4.69) is 42.6 Å². The summed E-state index contributed by atoms with van der Waals surface area (Å²) in [5.41, 5.74) is 1.50. The maximum absolute atomic E-state index is 3.96. The van der Waals surface area contributed by atoms with Gasteiger partial charge in [0.2, 0.25) is 0 Å². The second-order valence-electron chi connectivity index (χ2n) is 6.18. The lowest BCUT2D eigenvalue weighted by molar-refractivity contribution is 0.394. The summed E-state index contributed by atoms with van der Waals surface area (Å²) in [4.78, 5) is 0. The molecule has 1 aromatic rings. The highest BCUT2D eigenvalue weighted by Gasteiger charge is 2.35. The van der Waals surface area contributed by atoms with Crippen molar-refractivity contribution in [3.8, 4) is 0 Å². The fourth-order valence-electron chi connectivity index (χ4n) is 3.45. The van der Waals surface area contributed by atoms with Gasteiger partial charge in [-0.25, -0.2) is 0 Å². The van der Waals surface area contributed by atoms with Crippen LogP contribution in [0.25, 0.3) is 0 Å². The fraction of sp³-hybridized carbons (Fsp3) is 0.647. The van der Waals surface area contributed by atoms with Gasteiger partial charge in [0.05, 0.1) is 0 Å². The number of rotatable bonds is 5. The van der Waals surface area contributed by atoms with Crippen LogP contribution in [-0.4, -0.2) is 6.04 Å². The lowest BCUT2D eigenvalue weighted by atomic mass is 10.0. The maximum Gasteiger partial charge on any atom is 0.0351 e. The molecule has 0 radical (unpaired) electrons. The highest BCUT2D eigenvalue weighted by atomic mass is 15.0. The molecule has 3 rings (SSSR count). The molecule has 2 saturated carbocycles. The zero-order valence-corrected chi connectivity index (χ0v) is 11.4. The summed E-state index contributed by atoms with van der Waals surface area (Å²) in [5, 5.41) is 3.96. The molecular weight excluding hydrogens is 218 g/mol. The van der Waals surface area contributed by atoms with Crippen LogP contribution in [0.3, 0.4) is 0 Å². The molecule has 0 aromatic heterocycles. The van der Waals surface area contributed by atoms with Crippen molar-refractivity contribution in [1.82, 2.24) is 5.32 Å². The lowest BCUT2D eigenvalue weighted by Gasteiger charge is -2.23. The molecule has 0 heterocycles. The van der Waals surface area contributed by atoms with Crippen LogP contribution in [0.1, 0.15) is 57.1 Å². The van der Waals surface area contributed by atoms with Gasteiger partial charge in [-0.15, -0.1) is 0 Å². The Hall–Kier alpha value is -0.820. The van der Waals surface area contributed by atoms with Gasteiger partial charge >= 0.3 is 0 Å².